The lowest BCUT2D eigenvalue weighted by Crippen LogP contribution is -2.35. The lowest BCUT2D eigenvalue weighted by molar-refractivity contribution is -0.137. The van der Waals surface area contributed by atoms with Gasteiger partial charge < -0.3 is 10.0 Å². The molecule has 17 heavy (non-hydrogen) atoms. The van der Waals surface area contributed by atoms with Gasteiger partial charge in [0, 0.05) is 12.2 Å². The molecule has 0 fully saturated rings. The molecule has 1 N–H and O–H groups in total. The number of likely N-dealkylation sites (N-methyl/N-ethyl adjacent to an activating group) is 1. The summed E-state index contributed by atoms with van der Waals surface area (Å²) in [6.07, 6.45) is 0. The first-order valence-corrected chi connectivity index (χ1v) is 5.41. The summed E-state index contributed by atoms with van der Waals surface area (Å²) < 4.78 is 0. The molecule has 0 aliphatic heterocycles. The van der Waals surface area contributed by atoms with Crippen molar-refractivity contribution in [3.8, 4) is 0 Å². The van der Waals surface area contributed by atoms with E-state index in [1.54, 1.807) is 26.0 Å². The van der Waals surface area contributed by atoms with Crippen LogP contribution in [0.15, 0.2) is 12.1 Å². The van der Waals surface area contributed by atoms with Gasteiger partial charge in [0.2, 0.25) is 0 Å². The molecule has 5 heteroatoms. The fraction of sp³-hybridized carbons (Fsp3) is 0.417. The first kappa shape index (κ1) is 13.2. The average molecular weight is 236 g/mol. The van der Waals surface area contributed by atoms with Gasteiger partial charge in [0.05, 0.1) is 11.3 Å². The maximum absolute atomic E-state index is 12.1. The SMILES string of the molecule is CCN(CC(=O)O)C(=O)c1ccc(C)nc1C. The molecule has 0 saturated carbocycles. The number of aryl methyl sites for hydroxylation is 2. The number of carboxylic acids is 1. The molecule has 92 valence electrons. The molecule has 0 bridgehead atoms. The molecule has 0 saturated heterocycles. The molecule has 1 aromatic rings. The molecular formula is C12H16N2O3. The normalized spacial score (nSPS) is 10.1. The summed E-state index contributed by atoms with van der Waals surface area (Å²) in [6, 6.07) is 3.43. The Kier molecular flexibility index (Phi) is 4.20. The Morgan fingerprint density at radius 2 is 2.00 bits per heavy atom. The number of rotatable bonds is 4. The highest BCUT2D eigenvalue weighted by atomic mass is 16.4. The van der Waals surface area contributed by atoms with Crippen molar-refractivity contribution in [2.75, 3.05) is 13.1 Å². The van der Waals surface area contributed by atoms with Crippen molar-refractivity contribution < 1.29 is 14.7 Å². The standard InChI is InChI=1S/C12H16N2O3/c1-4-14(7-11(15)16)12(17)10-6-5-8(2)13-9(10)3/h5-6H,4,7H2,1-3H3,(H,15,16). The van der Waals surface area contributed by atoms with Crippen LogP contribution in [0.5, 0.6) is 0 Å². The van der Waals surface area contributed by atoms with E-state index >= 15 is 0 Å². The molecule has 1 heterocycles. The van der Waals surface area contributed by atoms with Crippen molar-refractivity contribution >= 4 is 11.9 Å². The second-order valence-corrected chi connectivity index (χ2v) is 3.80. The molecule has 0 aliphatic carbocycles. The molecule has 0 atom stereocenters. The van der Waals surface area contributed by atoms with Crippen LogP contribution in [0.1, 0.15) is 28.7 Å². The van der Waals surface area contributed by atoms with Crippen LogP contribution in [0.3, 0.4) is 0 Å². The van der Waals surface area contributed by atoms with Crippen molar-refractivity contribution in [1.82, 2.24) is 9.88 Å². The number of carboxylic acid groups (broad SMARTS) is 1. The minimum atomic E-state index is -1.02. The summed E-state index contributed by atoms with van der Waals surface area (Å²) in [6.45, 7) is 5.41. The zero-order valence-corrected chi connectivity index (χ0v) is 10.2. The Balaban J connectivity index is 2.97. The van der Waals surface area contributed by atoms with Crippen molar-refractivity contribution in [3.05, 3.63) is 29.1 Å². The summed E-state index contributed by atoms with van der Waals surface area (Å²) >= 11 is 0. The van der Waals surface area contributed by atoms with Crippen LogP contribution >= 0.6 is 0 Å². The first-order valence-electron chi connectivity index (χ1n) is 5.41. The topological polar surface area (TPSA) is 70.5 Å². The lowest BCUT2D eigenvalue weighted by atomic mass is 10.1. The van der Waals surface area contributed by atoms with Crippen molar-refractivity contribution in [1.29, 1.82) is 0 Å². The van der Waals surface area contributed by atoms with Gasteiger partial charge in [0.15, 0.2) is 0 Å². The summed E-state index contributed by atoms with van der Waals surface area (Å²) in [7, 11) is 0. The predicted octanol–water partition coefficient (Wildman–Crippen LogP) is 1.25. The molecule has 0 radical (unpaired) electrons. The van der Waals surface area contributed by atoms with Crippen LogP contribution in [-0.4, -0.2) is 40.0 Å². The summed E-state index contributed by atoms with van der Waals surface area (Å²) in [5.41, 5.74) is 1.91. The lowest BCUT2D eigenvalue weighted by Gasteiger charge is -2.19. The van der Waals surface area contributed by atoms with Gasteiger partial charge in [0.1, 0.15) is 6.54 Å². The van der Waals surface area contributed by atoms with Crippen LogP contribution in [0, 0.1) is 13.8 Å². The Labute approximate surface area is 100 Å². The van der Waals surface area contributed by atoms with E-state index in [1.807, 2.05) is 6.92 Å². The largest absolute Gasteiger partial charge is 0.480 e. The van der Waals surface area contributed by atoms with E-state index in [1.165, 1.54) is 4.90 Å². The summed E-state index contributed by atoms with van der Waals surface area (Å²) in [5, 5.41) is 8.71. The molecule has 1 aromatic heterocycles. The number of amides is 1. The third kappa shape index (κ3) is 3.27. The second kappa shape index (κ2) is 5.43. The van der Waals surface area contributed by atoms with Crippen molar-refractivity contribution in [3.63, 3.8) is 0 Å². The van der Waals surface area contributed by atoms with E-state index in [-0.39, 0.29) is 12.5 Å². The zero-order chi connectivity index (χ0) is 13.0. The monoisotopic (exact) mass is 236 g/mol. The van der Waals surface area contributed by atoms with E-state index in [0.29, 0.717) is 17.8 Å². The smallest absolute Gasteiger partial charge is 0.323 e. The van der Waals surface area contributed by atoms with Crippen LogP contribution in [0.25, 0.3) is 0 Å². The third-order valence-corrected chi connectivity index (χ3v) is 2.45. The van der Waals surface area contributed by atoms with E-state index in [4.69, 9.17) is 5.11 Å². The predicted molar refractivity (Wildman–Crippen MR) is 62.9 cm³/mol. The van der Waals surface area contributed by atoms with Crippen LogP contribution < -0.4 is 0 Å². The van der Waals surface area contributed by atoms with E-state index in [0.717, 1.165) is 5.69 Å². The van der Waals surface area contributed by atoms with Gasteiger partial charge in [-0.05, 0) is 32.9 Å². The van der Waals surface area contributed by atoms with Crippen LogP contribution in [0.2, 0.25) is 0 Å². The van der Waals surface area contributed by atoms with Crippen LogP contribution in [0.4, 0.5) is 0 Å². The Morgan fingerprint density at radius 1 is 1.35 bits per heavy atom. The van der Waals surface area contributed by atoms with E-state index in [2.05, 4.69) is 4.98 Å². The maximum Gasteiger partial charge on any atom is 0.323 e. The van der Waals surface area contributed by atoms with Gasteiger partial charge in [-0.3, -0.25) is 14.6 Å². The highest BCUT2D eigenvalue weighted by molar-refractivity contribution is 5.96. The second-order valence-electron chi connectivity index (χ2n) is 3.80. The van der Waals surface area contributed by atoms with Gasteiger partial charge in [-0.15, -0.1) is 0 Å². The fourth-order valence-corrected chi connectivity index (χ4v) is 1.57. The first-order chi connectivity index (χ1) is 7.95. The molecule has 0 aromatic carbocycles. The molecule has 1 amide bonds. The van der Waals surface area contributed by atoms with Gasteiger partial charge in [-0.2, -0.15) is 0 Å². The molecule has 0 aliphatic rings. The zero-order valence-electron chi connectivity index (χ0n) is 10.2. The number of pyridine rings is 1. The third-order valence-electron chi connectivity index (χ3n) is 2.45. The highest BCUT2D eigenvalue weighted by Crippen LogP contribution is 2.10. The number of aromatic nitrogens is 1. The summed E-state index contributed by atoms with van der Waals surface area (Å²) in [5.74, 6) is -1.31. The number of hydrogen-bond acceptors (Lipinski definition) is 3. The minimum absolute atomic E-state index is 0.289. The molecule has 5 nitrogen and oxygen atoms in total. The molecule has 0 unspecified atom stereocenters. The maximum atomic E-state index is 12.1. The van der Waals surface area contributed by atoms with E-state index < -0.39 is 5.97 Å². The number of carbonyl (C=O) groups is 2. The number of nitrogens with zero attached hydrogens (tertiary/aromatic N) is 2. The van der Waals surface area contributed by atoms with Crippen molar-refractivity contribution in [2.24, 2.45) is 0 Å². The Hall–Kier alpha value is -1.91. The van der Waals surface area contributed by atoms with Gasteiger partial charge in [-0.25, -0.2) is 0 Å². The van der Waals surface area contributed by atoms with E-state index in [9.17, 15) is 9.59 Å². The minimum Gasteiger partial charge on any atom is -0.480 e. The molecule has 0 spiro atoms. The van der Waals surface area contributed by atoms with Gasteiger partial charge in [0.25, 0.3) is 5.91 Å². The highest BCUT2D eigenvalue weighted by Gasteiger charge is 2.18. The number of carbonyl (C=O) groups excluding carboxylic acids is 1. The average Bonchev–Trinajstić information content (AvgIpc) is 2.24. The number of hydrogen-bond donors (Lipinski definition) is 1. The Morgan fingerprint density at radius 3 is 2.47 bits per heavy atom. The quantitative estimate of drug-likeness (QED) is 0.854. The fourth-order valence-electron chi connectivity index (χ4n) is 1.57. The number of aliphatic carboxylic acids is 1. The van der Waals surface area contributed by atoms with Gasteiger partial charge >= 0.3 is 5.97 Å². The summed E-state index contributed by atoms with van der Waals surface area (Å²) in [4.78, 5) is 28.2. The van der Waals surface area contributed by atoms with Gasteiger partial charge in [-0.1, -0.05) is 0 Å². The molecular weight excluding hydrogens is 220 g/mol. The Bertz CT molecular complexity index is 443. The van der Waals surface area contributed by atoms with Crippen LogP contribution in [-0.2, 0) is 4.79 Å². The molecule has 1 rings (SSSR count). The van der Waals surface area contributed by atoms with Crippen molar-refractivity contribution in [2.45, 2.75) is 20.8 Å².